The second-order valence-corrected chi connectivity index (χ2v) is 4.47. The van der Waals surface area contributed by atoms with Crippen molar-refractivity contribution >= 4 is 11.6 Å². The minimum Gasteiger partial charge on any atom is -0.346 e. The Morgan fingerprint density at radius 3 is 2.75 bits per heavy atom. The molecule has 0 aliphatic heterocycles. The van der Waals surface area contributed by atoms with Gasteiger partial charge in [0.15, 0.2) is 5.65 Å². The number of rotatable bonds is 3. The molecule has 0 aliphatic carbocycles. The predicted octanol–water partition coefficient (Wildman–Crippen LogP) is 3.18. The lowest BCUT2D eigenvalue weighted by Gasteiger charge is -2.13. The lowest BCUT2D eigenvalue weighted by atomic mass is 10.1. The highest BCUT2D eigenvalue weighted by molar-refractivity contribution is 5.44. The van der Waals surface area contributed by atoms with Gasteiger partial charge in [-0.3, -0.25) is 0 Å². The molecule has 1 aromatic carbocycles. The lowest BCUT2D eigenvalue weighted by molar-refractivity contribution is 0.599. The van der Waals surface area contributed by atoms with Crippen molar-refractivity contribution in [3.8, 4) is 0 Å². The molecule has 1 unspecified atom stereocenters. The molecule has 0 saturated carbocycles. The van der Waals surface area contributed by atoms with Gasteiger partial charge in [0, 0.05) is 5.56 Å². The minimum absolute atomic E-state index is 0.290. The van der Waals surface area contributed by atoms with E-state index in [0.717, 1.165) is 0 Å². The van der Waals surface area contributed by atoms with Crippen LogP contribution in [0, 0.1) is 11.6 Å². The minimum atomic E-state index is -0.392. The van der Waals surface area contributed by atoms with Gasteiger partial charge < -0.3 is 5.32 Å². The van der Waals surface area contributed by atoms with Gasteiger partial charge in [-0.25, -0.2) is 13.3 Å². The summed E-state index contributed by atoms with van der Waals surface area (Å²) >= 11 is 0. The van der Waals surface area contributed by atoms with E-state index in [0.29, 0.717) is 17.2 Å². The molecule has 102 valence electrons. The van der Waals surface area contributed by atoms with Gasteiger partial charge in [0.05, 0.1) is 12.2 Å². The van der Waals surface area contributed by atoms with Crippen molar-refractivity contribution < 1.29 is 8.78 Å². The second kappa shape index (κ2) is 4.88. The maximum absolute atomic E-state index is 13.7. The summed E-state index contributed by atoms with van der Waals surface area (Å²) in [7, 11) is 0. The Balaban J connectivity index is 1.87. The Hall–Kier alpha value is -2.50. The van der Waals surface area contributed by atoms with Crippen molar-refractivity contribution in [1.29, 1.82) is 0 Å². The van der Waals surface area contributed by atoms with Gasteiger partial charge >= 0.3 is 0 Å². The Bertz CT molecular complexity index is 754. The third-order valence-corrected chi connectivity index (χ3v) is 3.01. The molecule has 3 aromatic rings. The van der Waals surface area contributed by atoms with Crippen molar-refractivity contribution in [3.05, 3.63) is 59.8 Å². The third kappa shape index (κ3) is 2.32. The first-order valence-electron chi connectivity index (χ1n) is 6.16. The Labute approximate surface area is 114 Å². The van der Waals surface area contributed by atoms with Crippen LogP contribution >= 0.6 is 0 Å². The molecule has 0 aliphatic rings. The molecule has 6 heteroatoms. The summed E-state index contributed by atoms with van der Waals surface area (Å²) in [4.78, 5) is 4.20. The fourth-order valence-corrected chi connectivity index (χ4v) is 2.02. The monoisotopic (exact) mass is 274 g/mol. The smallest absolute Gasteiger partial charge is 0.243 e. The average molecular weight is 274 g/mol. The number of hydrogen-bond donors (Lipinski definition) is 1. The molecular weight excluding hydrogens is 262 g/mol. The van der Waals surface area contributed by atoms with Gasteiger partial charge in [0.1, 0.15) is 11.6 Å². The zero-order chi connectivity index (χ0) is 14.1. The van der Waals surface area contributed by atoms with Crippen molar-refractivity contribution in [2.75, 3.05) is 5.32 Å². The standard InChI is InChI=1S/C14H12F2N4/c1-9(11-4-2-3-5-12(11)16)17-14-18-13-7-6-10(15)8-20(13)19-14/h2-9H,1H3,(H,17,19). The first-order chi connectivity index (χ1) is 9.63. The molecular formula is C14H12F2N4. The molecule has 0 bridgehead atoms. The number of nitrogens with one attached hydrogen (secondary N) is 1. The van der Waals surface area contributed by atoms with E-state index in [1.54, 1.807) is 18.2 Å². The van der Waals surface area contributed by atoms with Gasteiger partial charge in [0.2, 0.25) is 5.95 Å². The summed E-state index contributed by atoms with van der Waals surface area (Å²) in [5.41, 5.74) is 1.05. The Morgan fingerprint density at radius 1 is 1.15 bits per heavy atom. The summed E-state index contributed by atoms with van der Waals surface area (Å²) in [6.45, 7) is 1.81. The van der Waals surface area contributed by atoms with Crippen LogP contribution in [0.1, 0.15) is 18.5 Å². The van der Waals surface area contributed by atoms with Gasteiger partial charge in [-0.05, 0) is 25.1 Å². The molecule has 2 aromatic heterocycles. The molecule has 3 rings (SSSR count). The van der Waals surface area contributed by atoms with Gasteiger partial charge in [-0.1, -0.05) is 18.2 Å². The molecule has 4 nitrogen and oxygen atoms in total. The van der Waals surface area contributed by atoms with Crippen LogP contribution < -0.4 is 5.32 Å². The highest BCUT2D eigenvalue weighted by Crippen LogP contribution is 2.20. The topological polar surface area (TPSA) is 42.2 Å². The fraction of sp³-hybridized carbons (Fsp3) is 0.143. The van der Waals surface area contributed by atoms with Crippen LogP contribution in [0.25, 0.3) is 5.65 Å². The fourth-order valence-electron chi connectivity index (χ4n) is 2.02. The van der Waals surface area contributed by atoms with Gasteiger partial charge in [-0.15, -0.1) is 5.10 Å². The van der Waals surface area contributed by atoms with E-state index < -0.39 is 5.82 Å². The summed E-state index contributed by atoms with van der Waals surface area (Å²) in [5.74, 6) is -0.357. The van der Waals surface area contributed by atoms with E-state index in [1.165, 1.54) is 28.9 Å². The van der Waals surface area contributed by atoms with Crippen LogP contribution in [0.15, 0.2) is 42.6 Å². The Kier molecular flexibility index (Phi) is 3.06. The summed E-state index contributed by atoms with van der Waals surface area (Å²) in [6, 6.07) is 9.05. The van der Waals surface area contributed by atoms with Crippen LogP contribution in [0.4, 0.5) is 14.7 Å². The summed E-state index contributed by atoms with van der Waals surface area (Å²) in [5, 5.41) is 7.10. The van der Waals surface area contributed by atoms with E-state index in [-0.39, 0.29) is 11.9 Å². The van der Waals surface area contributed by atoms with Crippen molar-refractivity contribution in [2.45, 2.75) is 13.0 Å². The first kappa shape index (κ1) is 12.5. The molecule has 20 heavy (non-hydrogen) atoms. The van der Waals surface area contributed by atoms with E-state index in [2.05, 4.69) is 15.4 Å². The molecule has 0 amide bonds. The quantitative estimate of drug-likeness (QED) is 0.797. The number of nitrogens with zero attached hydrogens (tertiary/aromatic N) is 3. The molecule has 1 atom stereocenters. The maximum Gasteiger partial charge on any atom is 0.243 e. The zero-order valence-corrected chi connectivity index (χ0v) is 10.7. The second-order valence-electron chi connectivity index (χ2n) is 4.47. The highest BCUT2D eigenvalue weighted by atomic mass is 19.1. The normalized spacial score (nSPS) is 12.6. The van der Waals surface area contributed by atoms with Crippen molar-refractivity contribution in [1.82, 2.24) is 14.6 Å². The van der Waals surface area contributed by atoms with E-state index >= 15 is 0 Å². The molecule has 0 fully saturated rings. The first-order valence-corrected chi connectivity index (χ1v) is 6.16. The number of pyridine rings is 1. The van der Waals surface area contributed by atoms with E-state index in [9.17, 15) is 8.78 Å². The number of halogens is 2. The largest absolute Gasteiger partial charge is 0.346 e. The SMILES string of the molecule is CC(Nc1nc2ccc(F)cn2n1)c1ccccc1F. The third-order valence-electron chi connectivity index (χ3n) is 3.01. The summed E-state index contributed by atoms with van der Waals surface area (Å²) < 4.78 is 28.1. The van der Waals surface area contributed by atoms with Gasteiger partial charge in [-0.2, -0.15) is 4.98 Å². The molecule has 0 radical (unpaired) electrons. The van der Waals surface area contributed by atoms with Crippen LogP contribution in [0.3, 0.4) is 0 Å². The zero-order valence-electron chi connectivity index (χ0n) is 10.7. The average Bonchev–Trinajstić information content (AvgIpc) is 2.80. The Morgan fingerprint density at radius 2 is 1.95 bits per heavy atom. The molecule has 0 spiro atoms. The lowest BCUT2D eigenvalue weighted by Crippen LogP contribution is -2.09. The highest BCUT2D eigenvalue weighted by Gasteiger charge is 2.12. The molecule has 1 N–H and O–H groups in total. The number of benzene rings is 1. The predicted molar refractivity (Wildman–Crippen MR) is 71.4 cm³/mol. The summed E-state index contributed by atoms with van der Waals surface area (Å²) in [6.07, 6.45) is 1.24. The number of aromatic nitrogens is 3. The van der Waals surface area contributed by atoms with E-state index in [1.807, 2.05) is 6.92 Å². The van der Waals surface area contributed by atoms with Crippen molar-refractivity contribution in [2.24, 2.45) is 0 Å². The van der Waals surface area contributed by atoms with Crippen LogP contribution in [0.5, 0.6) is 0 Å². The number of fused-ring (bicyclic) bond motifs is 1. The van der Waals surface area contributed by atoms with Crippen LogP contribution in [-0.2, 0) is 0 Å². The number of anilines is 1. The van der Waals surface area contributed by atoms with Crippen molar-refractivity contribution in [3.63, 3.8) is 0 Å². The van der Waals surface area contributed by atoms with Gasteiger partial charge in [0.25, 0.3) is 0 Å². The van der Waals surface area contributed by atoms with Crippen LogP contribution in [-0.4, -0.2) is 14.6 Å². The maximum atomic E-state index is 13.7. The van der Waals surface area contributed by atoms with E-state index in [4.69, 9.17) is 0 Å². The van der Waals surface area contributed by atoms with Crippen LogP contribution in [0.2, 0.25) is 0 Å². The number of hydrogen-bond acceptors (Lipinski definition) is 3. The molecule has 2 heterocycles. The molecule has 0 saturated heterocycles.